The molecule has 0 unspecified atom stereocenters. The molecule has 7 nitrogen and oxygen atoms in total. The van der Waals surface area contributed by atoms with E-state index in [0.29, 0.717) is 18.3 Å². The van der Waals surface area contributed by atoms with Gasteiger partial charge in [-0.05, 0) is 18.1 Å². The van der Waals surface area contributed by atoms with E-state index in [4.69, 9.17) is 14.2 Å². The van der Waals surface area contributed by atoms with Gasteiger partial charge in [0, 0.05) is 19.6 Å². The van der Waals surface area contributed by atoms with Crippen LogP contribution in [-0.4, -0.2) is 66.7 Å². The highest BCUT2D eigenvalue weighted by Gasteiger charge is 2.25. The topological polar surface area (TPSA) is 65.8 Å². The standard InChI is InChI=1S/C20H27N3O4/c1-15(2)11-22-9-10-26-17(12-22)14-27-20(24)19-18(25-3)13-23(21-19)16-7-5-4-6-8-16/h4-8,13,15,17H,9-12,14H2,1-3H3/t17-/m1/s1. The lowest BCUT2D eigenvalue weighted by Crippen LogP contribution is -2.45. The van der Waals surface area contributed by atoms with Crippen molar-refractivity contribution in [3.8, 4) is 11.4 Å². The number of nitrogens with zero attached hydrogens (tertiary/aromatic N) is 3. The summed E-state index contributed by atoms with van der Waals surface area (Å²) in [5.41, 5.74) is 1.01. The van der Waals surface area contributed by atoms with Crippen molar-refractivity contribution >= 4 is 5.97 Å². The third-order valence-corrected chi connectivity index (χ3v) is 4.36. The van der Waals surface area contributed by atoms with Crippen molar-refractivity contribution < 1.29 is 19.0 Å². The smallest absolute Gasteiger partial charge is 0.362 e. The first-order valence-electron chi connectivity index (χ1n) is 9.27. The van der Waals surface area contributed by atoms with Crippen LogP contribution in [0.1, 0.15) is 24.3 Å². The maximum Gasteiger partial charge on any atom is 0.362 e. The zero-order chi connectivity index (χ0) is 19.2. The monoisotopic (exact) mass is 373 g/mol. The first-order chi connectivity index (χ1) is 13.1. The van der Waals surface area contributed by atoms with Gasteiger partial charge in [-0.15, -0.1) is 0 Å². The van der Waals surface area contributed by atoms with Crippen LogP contribution in [0.15, 0.2) is 36.5 Å². The second kappa shape index (κ2) is 9.01. The molecule has 7 heteroatoms. The van der Waals surface area contributed by atoms with Crippen LogP contribution in [-0.2, 0) is 9.47 Å². The van der Waals surface area contributed by atoms with Gasteiger partial charge in [-0.3, -0.25) is 4.90 Å². The predicted molar refractivity (Wildman–Crippen MR) is 101 cm³/mol. The molecule has 2 aromatic rings. The van der Waals surface area contributed by atoms with Gasteiger partial charge >= 0.3 is 5.97 Å². The quantitative estimate of drug-likeness (QED) is 0.695. The fourth-order valence-corrected chi connectivity index (χ4v) is 3.16. The predicted octanol–water partition coefficient (Wildman–Crippen LogP) is 2.39. The first-order valence-corrected chi connectivity index (χ1v) is 9.27. The van der Waals surface area contributed by atoms with Crippen molar-refractivity contribution in [1.82, 2.24) is 14.7 Å². The summed E-state index contributed by atoms with van der Waals surface area (Å²) < 4.78 is 18.1. The molecule has 2 heterocycles. The van der Waals surface area contributed by atoms with Crippen molar-refractivity contribution in [1.29, 1.82) is 0 Å². The summed E-state index contributed by atoms with van der Waals surface area (Å²) in [5, 5.41) is 4.34. The van der Waals surface area contributed by atoms with E-state index < -0.39 is 5.97 Å². The lowest BCUT2D eigenvalue weighted by molar-refractivity contribution is -0.0614. The molecule has 1 saturated heterocycles. The number of hydrogen-bond donors (Lipinski definition) is 0. The molecule has 1 aromatic heterocycles. The van der Waals surface area contributed by atoms with Gasteiger partial charge in [0.25, 0.3) is 0 Å². The van der Waals surface area contributed by atoms with E-state index in [-0.39, 0.29) is 18.4 Å². The molecule has 1 fully saturated rings. The number of carbonyl (C=O) groups is 1. The molecule has 0 spiro atoms. The van der Waals surface area contributed by atoms with Crippen molar-refractivity contribution in [3.63, 3.8) is 0 Å². The molecular formula is C20H27N3O4. The van der Waals surface area contributed by atoms with Crippen LogP contribution in [0, 0.1) is 5.92 Å². The summed E-state index contributed by atoms with van der Waals surface area (Å²) in [4.78, 5) is 14.9. The second-order valence-electron chi connectivity index (χ2n) is 7.07. The third-order valence-electron chi connectivity index (χ3n) is 4.36. The maximum absolute atomic E-state index is 12.5. The minimum absolute atomic E-state index is 0.122. The first kappa shape index (κ1) is 19.4. The second-order valence-corrected chi connectivity index (χ2v) is 7.07. The molecule has 0 amide bonds. The number of morpholine rings is 1. The van der Waals surface area contributed by atoms with Crippen molar-refractivity contribution in [2.24, 2.45) is 5.92 Å². The SMILES string of the molecule is COc1cn(-c2ccccc2)nc1C(=O)OC[C@H]1CN(CC(C)C)CCO1. The number of para-hydroxylation sites is 1. The number of aromatic nitrogens is 2. The Kier molecular flexibility index (Phi) is 6.47. The Bertz CT molecular complexity index is 745. The lowest BCUT2D eigenvalue weighted by Gasteiger charge is -2.33. The molecule has 0 N–H and O–H groups in total. The van der Waals surface area contributed by atoms with Gasteiger partial charge in [0.2, 0.25) is 5.69 Å². The van der Waals surface area contributed by atoms with Gasteiger partial charge in [0.1, 0.15) is 12.7 Å². The average Bonchev–Trinajstić information content (AvgIpc) is 3.11. The van der Waals surface area contributed by atoms with Crippen molar-refractivity contribution in [2.45, 2.75) is 20.0 Å². The number of benzene rings is 1. The number of hydrogen-bond acceptors (Lipinski definition) is 6. The van der Waals surface area contributed by atoms with Crippen LogP contribution < -0.4 is 4.74 Å². The van der Waals surface area contributed by atoms with Crippen LogP contribution >= 0.6 is 0 Å². The minimum atomic E-state index is -0.508. The van der Waals surface area contributed by atoms with E-state index in [1.54, 1.807) is 10.9 Å². The maximum atomic E-state index is 12.5. The molecule has 0 aliphatic carbocycles. The number of rotatable bonds is 7. The van der Waals surface area contributed by atoms with Gasteiger partial charge < -0.3 is 14.2 Å². The van der Waals surface area contributed by atoms with Crippen LogP contribution in [0.25, 0.3) is 5.69 Å². The number of carbonyl (C=O) groups excluding carboxylic acids is 1. The normalized spacial score (nSPS) is 17.9. The molecule has 1 aromatic carbocycles. The molecule has 0 saturated carbocycles. The molecule has 1 atom stereocenters. The Morgan fingerprint density at radius 3 is 2.81 bits per heavy atom. The molecule has 27 heavy (non-hydrogen) atoms. The molecule has 0 bridgehead atoms. The van der Waals surface area contributed by atoms with Gasteiger partial charge in [-0.25, -0.2) is 9.48 Å². The highest BCUT2D eigenvalue weighted by molar-refractivity contribution is 5.90. The van der Waals surface area contributed by atoms with Gasteiger partial charge in [0.05, 0.1) is 25.6 Å². The van der Waals surface area contributed by atoms with E-state index in [0.717, 1.165) is 25.3 Å². The lowest BCUT2D eigenvalue weighted by atomic mass is 10.2. The van der Waals surface area contributed by atoms with Gasteiger partial charge in [0.15, 0.2) is 5.75 Å². The molecule has 146 valence electrons. The number of ether oxygens (including phenoxy) is 3. The van der Waals surface area contributed by atoms with Crippen molar-refractivity contribution in [3.05, 3.63) is 42.2 Å². The van der Waals surface area contributed by atoms with Crippen LogP contribution in [0.5, 0.6) is 5.75 Å². The summed E-state index contributed by atoms with van der Waals surface area (Å²) in [7, 11) is 1.51. The largest absolute Gasteiger partial charge is 0.493 e. The summed E-state index contributed by atoms with van der Waals surface area (Å²) in [5.74, 6) is 0.471. The fourth-order valence-electron chi connectivity index (χ4n) is 3.16. The van der Waals surface area contributed by atoms with E-state index in [9.17, 15) is 4.79 Å². The van der Waals surface area contributed by atoms with E-state index >= 15 is 0 Å². The molecular weight excluding hydrogens is 346 g/mol. The fraction of sp³-hybridized carbons (Fsp3) is 0.500. The zero-order valence-electron chi connectivity index (χ0n) is 16.1. The van der Waals surface area contributed by atoms with Gasteiger partial charge in [-0.2, -0.15) is 5.10 Å². The van der Waals surface area contributed by atoms with Gasteiger partial charge in [-0.1, -0.05) is 32.0 Å². The Hall–Kier alpha value is -2.38. The Balaban J connectivity index is 1.62. The van der Waals surface area contributed by atoms with E-state index in [2.05, 4.69) is 23.8 Å². The van der Waals surface area contributed by atoms with Crippen LogP contribution in [0.4, 0.5) is 0 Å². The molecule has 0 radical (unpaired) electrons. The van der Waals surface area contributed by atoms with Crippen LogP contribution in [0.2, 0.25) is 0 Å². The Morgan fingerprint density at radius 2 is 2.11 bits per heavy atom. The van der Waals surface area contributed by atoms with E-state index in [1.165, 1.54) is 7.11 Å². The van der Waals surface area contributed by atoms with E-state index in [1.807, 2.05) is 30.3 Å². The molecule has 1 aliphatic rings. The highest BCUT2D eigenvalue weighted by atomic mass is 16.6. The average molecular weight is 373 g/mol. The number of methoxy groups -OCH3 is 1. The Labute approximate surface area is 159 Å². The summed E-state index contributed by atoms with van der Waals surface area (Å²) in [6.07, 6.45) is 1.55. The minimum Gasteiger partial charge on any atom is -0.493 e. The summed E-state index contributed by atoms with van der Waals surface area (Å²) in [6, 6.07) is 9.54. The Morgan fingerprint density at radius 1 is 1.33 bits per heavy atom. The van der Waals surface area contributed by atoms with Crippen LogP contribution in [0.3, 0.4) is 0 Å². The van der Waals surface area contributed by atoms with Crippen molar-refractivity contribution in [2.75, 3.05) is 40.0 Å². The zero-order valence-corrected chi connectivity index (χ0v) is 16.1. The molecule has 1 aliphatic heterocycles. The number of esters is 1. The third kappa shape index (κ3) is 5.08. The highest BCUT2D eigenvalue weighted by Crippen LogP contribution is 2.20. The summed E-state index contributed by atoms with van der Waals surface area (Å²) in [6.45, 7) is 7.94. The summed E-state index contributed by atoms with van der Waals surface area (Å²) >= 11 is 0. The molecule has 3 rings (SSSR count).